The Morgan fingerprint density at radius 3 is 2.42 bits per heavy atom. The topological polar surface area (TPSA) is 0 Å². The SMILES string of the molecule is CCC(C)C1=CC[C]([Zr+2])=C1.[F-].[F-]. The van der Waals surface area contributed by atoms with Crippen molar-refractivity contribution in [2.24, 2.45) is 5.92 Å². The third-order valence-electron chi connectivity index (χ3n) is 2.08. The van der Waals surface area contributed by atoms with E-state index >= 15 is 0 Å². The van der Waals surface area contributed by atoms with Crippen molar-refractivity contribution in [2.75, 3.05) is 0 Å². The largest absolute Gasteiger partial charge is 1.00 e. The first kappa shape index (κ1) is 14.7. The molecule has 3 heteroatoms. The van der Waals surface area contributed by atoms with Crippen LogP contribution in [0.1, 0.15) is 26.7 Å². The van der Waals surface area contributed by atoms with Crippen molar-refractivity contribution in [1.82, 2.24) is 0 Å². The Morgan fingerprint density at radius 1 is 1.50 bits per heavy atom. The first-order valence-electron chi connectivity index (χ1n) is 3.86. The van der Waals surface area contributed by atoms with Crippen LogP contribution < -0.4 is 9.41 Å². The smallest absolute Gasteiger partial charge is 1.00 e. The van der Waals surface area contributed by atoms with E-state index in [4.69, 9.17) is 0 Å². The third-order valence-corrected chi connectivity index (χ3v) is 2.94. The molecular weight excluding hydrogens is 237 g/mol. The number of halogens is 2. The summed E-state index contributed by atoms with van der Waals surface area (Å²) in [5, 5.41) is 0. The maximum Gasteiger partial charge on any atom is -1.00 e. The third kappa shape index (κ3) is 3.75. The molecule has 0 aromatic heterocycles. The fourth-order valence-electron chi connectivity index (χ4n) is 1.13. The summed E-state index contributed by atoms with van der Waals surface area (Å²) in [6.45, 7) is 4.55. The van der Waals surface area contributed by atoms with Gasteiger partial charge in [0.15, 0.2) is 0 Å². The van der Waals surface area contributed by atoms with Gasteiger partial charge < -0.3 is 9.41 Å². The van der Waals surface area contributed by atoms with E-state index in [2.05, 4.69) is 26.0 Å². The number of hydrogen-bond donors (Lipinski definition) is 0. The van der Waals surface area contributed by atoms with E-state index in [1.165, 1.54) is 12.8 Å². The summed E-state index contributed by atoms with van der Waals surface area (Å²) >= 11 is 1.58. The normalized spacial score (nSPS) is 17.0. The standard InChI is InChI=1S/C9H13.2FH.Zr/c1-3-8(2)9-6-4-5-7-9;;;/h6-8H,3-4H2,1-2H3;2*1H;/q;;;+2/p-2. The van der Waals surface area contributed by atoms with E-state index in [0.717, 1.165) is 5.92 Å². The molecule has 0 aromatic rings. The Balaban J connectivity index is 0. The first-order chi connectivity index (χ1) is 4.74. The summed E-state index contributed by atoms with van der Waals surface area (Å²) < 4.78 is 1.60. The van der Waals surface area contributed by atoms with Gasteiger partial charge in [-0.1, -0.05) is 0 Å². The average molecular weight is 250 g/mol. The van der Waals surface area contributed by atoms with Gasteiger partial charge in [-0.15, -0.1) is 0 Å². The number of hydrogen-bond acceptors (Lipinski definition) is 0. The Morgan fingerprint density at radius 2 is 2.08 bits per heavy atom. The maximum atomic E-state index is 2.37. The van der Waals surface area contributed by atoms with Crippen LogP contribution in [0, 0.1) is 5.92 Å². The Hall–Kier alpha value is 0.223. The zero-order valence-electron chi connectivity index (χ0n) is 7.40. The predicted octanol–water partition coefficient (Wildman–Crippen LogP) is -3.20. The van der Waals surface area contributed by atoms with Crippen LogP contribution in [0.5, 0.6) is 0 Å². The van der Waals surface area contributed by atoms with E-state index < -0.39 is 0 Å². The van der Waals surface area contributed by atoms with Crippen LogP contribution in [-0.2, 0) is 24.7 Å². The Labute approximate surface area is 87.7 Å². The summed E-state index contributed by atoms with van der Waals surface area (Å²) in [6, 6.07) is 0. The molecule has 0 heterocycles. The van der Waals surface area contributed by atoms with E-state index in [1.54, 1.807) is 33.6 Å². The molecule has 1 atom stereocenters. The van der Waals surface area contributed by atoms with Gasteiger partial charge >= 0.3 is 78.3 Å². The molecule has 12 heavy (non-hydrogen) atoms. The van der Waals surface area contributed by atoms with Gasteiger partial charge in [0.05, 0.1) is 0 Å². The van der Waals surface area contributed by atoms with Crippen molar-refractivity contribution >= 4 is 0 Å². The van der Waals surface area contributed by atoms with Crippen molar-refractivity contribution in [3.05, 3.63) is 21.0 Å². The second-order valence-corrected chi connectivity index (χ2v) is 4.47. The van der Waals surface area contributed by atoms with Crippen molar-refractivity contribution in [3.63, 3.8) is 0 Å². The fraction of sp³-hybridized carbons (Fsp3) is 0.556. The van der Waals surface area contributed by atoms with Gasteiger partial charge in [0, 0.05) is 0 Å². The van der Waals surface area contributed by atoms with Crippen molar-refractivity contribution in [1.29, 1.82) is 0 Å². The molecule has 0 spiro atoms. The summed E-state index contributed by atoms with van der Waals surface area (Å²) in [5.74, 6) is 0.776. The molecule has 1 aliphatic carbocycles. The molecule has 1 unspecified atom stereocenters. The predicted molar refractivity (Wildman–Crippen MR) is 40.2 cm³/mol. The molecule has 0 N–H and O–H groups in total. The molecule has 0 aliphatic heterocycles. The maximum absolute atomic E-state index is 2.37. The molecule has 0 amide bonds. The Kier molecular flexibility index (Phi) is 8.24. The van der Waals surface area contributed by atoms with Gasteiger partial charge in [0.2, 0.25) is 0 Å². The molecule has 0 aromatic carbocycles. The summed E-state index contributed by atoms with van der Waals surface area (Å²) in [7, 11) is 0. The van der Waals surface area contributed by atoms with Crippen molar-refractivity contribution in [2.45, 2.75) is 26.7 Å². The summed E-state index contributed by atoms with van der Waals surface area (Å²) in [4.78, 5) is 0. The van der Waals surface area contributed by atoms with Crippen LogP contribution in [-0.4, -0.2) is 0 Å². The van der Waals surface area contributed by atoms with Gasteiger partial charge in [-0.25, -0.2) is 0 Å². The molecule has 1 aliphatic rings. The Bertz CT molecular complexity index is 185. The number of allylic oxidation sites excluding steroid dienone is 4. The molecule has 1 rings (SSSR count). The number of rotatable bonds is 2. The van der Waals surface area contributed by atoms with E-state index in [1.807, 2.05) is 0 Å². The minimum atomic E-state index is 0. The van der Waals surface area contributed by atoms with Crippen molar-refractivity contribution in [3.8, 4) is 0 Å². The van der Waals surface area contributed by atoms with Crippen molar-refractivity contribution < 1.29 is 34.1 Å². The molecule has 0 bridgehead atoms. The van der Waals surface area contributed by atoms with Crippen LogP contribution in [0.4, 0.5) is 0 Å². The zero-order valence-corrected chi connectivity index (χ0v) is 9.86. The van der Waals surface area contributed by atoms with Gasteiger partial charge in [0.1, 0.15) is 0 Å². The van der Waals surface area contributed by atoms with E-state index in [0.29, 0.717) is 0 Å². The van der Waals surface area contributed by atoms with Crippen LogP contribution in [0.15, 0.2) is 21.0 Å². The molecule has 0 saturated heterocycles. The first-order valence-corrected chi connectivity index (χ1v) is 5.09. The van der Waals surface area contributed by atoms with Gasteiger partial charge in [-0.3, -0.25) is 0 Å². The zero-order chi connectivity index (χ0) is 7.56. The summed E-state index contributed by atoms with van der Waals surface area (Å²) in [5.41, 5.74) is 1.56. The monoisotopic (exact) mass is 249 g/mol. The second kappa shape index (κ2) is 6.71. The second-order valence-electron chi connectivity index (χ2n) is 2.89. The van der Waals surface area contributed by atoms with E-state index in [-0.39, 0.29) is 9.41 Å². The summed E-state index contributed by atoms with van der Waals surface area (Å²) in [6.07, 6.45) is 7.23. The fourth-order valence-corrected chi connectivity index (χ4v) is 1.79. The minimum Gasteiger partial charge on any atom is -1.00 e. The minimum absolute atomic E-state index is 0. The van der Waals surface area contributed by atoms with E-state index in [9.17, 15) is 0 Å². The van der Waals surface area contributed by atoms with Gasteiger partial charge in [0.25, 0.3) is 0 Å². The van der Waals surface area contributed by atoms with Gasteiger partial charge in [-0.2, -0.15) is 0 Å². The van der Waals surface area contributed by atoms with Crippen LogP contribution in [0.3, 0.4) is 0 Å². The average Bonchev–Trinajstić information content (AvgIpc) is 2.34. The van der Waals surface area contributed by atoms with Crippen LogP contribution in [0.2, 0.25) is 0 Å². The molecule has 0 radical (unpaired) electrons. The molecule has 0 fully saturated rings. The molecular formula is C9H13F2Zr. The molecule has 67 valence electrons. The molecule has 0 saturated carbocycles. The van der Waals surface area contributed by atoms with Crippen LogP contribution >= 0.6 is 0 Å². The van der Waals surface area contributed by atoms with Crippen LogP contribution in [0.25, 0.3) is 0 Å². The molecule has 0 nitrogen and oxygen atoms in total. The quantitative estimate of drug-likeness (QED) is 0.484. The van der Waals surface area contributed by atoms with Gasteiger partial charge in [-0.05, 0) is 0 Å².